The minimum absolute atomic E-state index is 0. The van der Waals surface area contributed by atoms with Crippen molar-refractivity contribution in [2.45, 2.75) is 74.6 Å². The number of hydrogen-bond donors (Lipinski definition) is 1. The fourth-order valence-electron chi connectivity index (χ4n) is 7.17. The number of benzene rings is 4. The van der Waals surface area contributed by atoms with Gasteiger partial charge in [0.15, 0.2) is 0 Å². The number of hydrogen-bond acceptors (Lipinski definition) is 6. The molecule has 0 saturated carbocycles. The first kappa shape index (κ1) is 61.5. The van der Waals surface area contributed by atoms with Crippen molar-refractivity contribution < 1.29 is 146 Å². The first-order chi connectivity index (χ1) is 23.2. The molecule has 1 N–H and O–H groups in total. The molecule has 4 aliphatic rings. The van der Waals surface area contributed by atoms with Gasteiger partial charge in [0.2, 0.25) is 0 Å². The van der Waals surface area contributed by atoms with E-state index >= 15 is 0 Å². The van der Waals surface area contributed by atoms with E-state index in [4.69, 9.17) is 14.7 Å². The second kappa shape index (κ2) is 28.3. The molecule has 0 bridgehead atoms. The third-order valence-electron chi connectivity index (χ3n) is 9.08. The number of rotatable bonds is 2. The van der Waals surface area contributed by atoms with Crippen molar-refractivity contribution in [3.05, 3.63) is 171 Å². The number of anilines is 4. The van der Waals surface area contributed by atoms with Crippen LogP contribution in [0.1, 0.15) is 57.9 Å². The number of para-hydroxylation sites is 4. The summed E-state index contributed by atoms with van der Waals surface area (Å²) in [6.07, 6.45) is 3.41. The summed E-state index contributed by atoms with van der Waals surface area (Å²) in [6, 6.07) is 36.1. The Labute approximate surface area is 440 Å². The molecular weight excluding hydrogens is 1000 g/mol. The van der Waals surface area contributed by atoms with Gasteiger partial charge in [-0.05, 0) is 50.5 Å². The molecule has 0 amide bonds. The average Bonchev–Trinajstić information content (AvgIpc) is 3.78. The Balaban J connectivity index is -0.000000376. The quantitative estimate of drug-likeness (QED) is 0.159. The van der Waals surface area contributed by atoms with Gasteiger partial charge in [-0.2, -0.15) is 48.5 Å². The maximum Gasteiger partial charge on any atom is 0.290 e. The van der Waals surface area contributed by atoms with Gasteiger partial charge in [-0.1, -0.05) is 69.6 Å². The van der Waals surface area contributed by atoms with Crippen LogP contribution in [-0.2, 0) is 153 Å². The van der Waals surface area contributed by atoms with Crippen LogP contribution in [0.15, 0.2) is 108 Å². The van der Waals surface area contributed by atoms with Crippen LogP contribution in [0.25, 0.3) is 0 Å². The van der Waals surface area contributed by atoms with Gasteiger partial charge in [0.25, 0.3) is 6.47 Å². The van der Waals surface area contributed by atoms with Gasteiger partial charge in [0, 0.05) is 166 Å². The predicted octanol–water partition coefficient (Wildman–Crippen LogP) is 10.2. The van der Waals surface area contributed by atoms with Crippen molar-refractivity contribution >= 4 is 35.5 Å². The summed E-state index contributed by atoms with van der Waals surface area (Å²) in [7, 11) is 0. The third-order valence-corrected chi connectivity index (χ3v) is 9.08. The molecular formula is C45H56N4O3Y4-6. The zero-order valence-electron chi connectivity index (χ0n) is 32.6. The number of nitrogens with zero attached hydrogens (tertiary/aromatic N) is 4. The molecule has 4 aromatic carbocycles. The van der Waals surface area contributed by atoms with Gasteiger partial charge in [0.1, 0.15) is 12.5 Å². The Hall–Kier alpha value is -1.14. The fraction of sp³-hybridized carbons (Fsp3) is 0.244. The van der Waals surface area contributed by atoms with E-state index < -0.39 is 0 Å². The number of carbonyl (C=O) groups is 2. The molecule has 4 heterocycles. The molecule has 56 heavy (non-hydrogen) atoms. The first-order valence-corrected chi connectivity index (χ1v) is 16.0. The topological polar surface area (TPSA) is 67.3 Å². The number of fused-ring (bicyclic) bond motifs is 6. The molecule has 8 rings (SSSR count). The summed E-state index contributed by atoms with van der Waals surface area (Å²) in [5.41, 5.74) is 15.3. The number of carboxylic acid groups (broad SMARTS) is 1. The Morgan fingerprint density at radius 3 is 1.73 bits per heavy atom. The monoisotopic (exact) mass is 1060 g/mol. The summed E-state index contributed by atoms with van der Waals surface area (Å²) in [5.74, 6) is 0. The van der Waals surface area contributed by atoms with Crippen LogP contribution in [0.5, 0.6) is 0 Å². The predicted molar refractivity (Wildman–Crippen MR) is 221 cm³/mol. The van der Waals surface area contributed by atoms with Crippen molar-refractivity contribution in [2.75, 3.05) is 19.6 Å². The minimum Gasteiger partial charge on any atom is -0.483 e. The molecule has 292 valence electrons. The van der Waals surface area contributed by atoms with Gasteiger partial charge >= 0.3 is 0 Å². The van der Waals surface area contributed by atoms with Crippen molar-refractivity contribution in [3.8, 4) is 0 Å². The van der Waals surface area contributed by atoms with Gasteiger partial charge in [0.05, 0.1) is 6.17 Å². The summed E-state index contributed by atoms with van der Waals surface area (Å²) in [6.45, 7) is 18.4. The number of allylic oxidation sites excluding steroid dienone is 4. The Kier molecular flexibility index (Phi) is 31.1. The van der Waals surface area contributed by atoms with E-state index in [9.17, 15) is 0 Å². The van der Waals surface area contributed by atoms with Crippen molar-refractivity contribution in [1.82, 2.24) is 0 Å². The standard InChI is InChI=1S/2C19H18N2.C2H4O.CH2O2.2CH4.2CH3.4Y/c1-12-6-5-8-15-11-18-17-10-14-7-3-4-9-16(14)20(17)13(2)21(18)19(12)15;1-14-10-8-9-13-19(14)21-16(3)15(2)20(17(21)4)18-11-6-5-7-12-18;1-2-3;2-1-3;;;;;;;;/h3-9,13H,10-11H2,1-2H3;5-11,17H,2-3H2,1,4H3;2H,1H3;1H,(H,2,3);2*1H4;2*1H3;;;;/q;-4;;;;;2*-1;;;;. The zero-order chi connectivity index (χ0) is 34.5. The fourth-order valence-corrected chi connectivity index (χ4v) is 7.17. The summed E-state index contributed by atoms with van der Waals surface area (Å²) < 4.78 is 0. The second-order valence-corrected chi connectivity index (χ2v) is 11.9. The second-order valence-electron chi connectivity index (χ2n) is 11.9. The molecule has 4 aromatic rings. The Morgan fingerprint density at radius 1 is 0.661 bits per heavy atom. The van der Waals surface area contributed by atoms with Crippen LogP contribution in [-0.4, -0.2) is 30.2 Å². The first-order valence-electron chi connectivity index (χ1n) is 16.0. The number of carbonyl (C=O) groups excluding carboxylic acids is 1. The van der Waals surface area contributed by atoms with Gasteiger partial charge in [-0.3, -0.25) is 16.2 Å². The average molecular weight is 1060 g/mol. The molecule has 2 atom stereocenters. The molecule has 4 aliphatic heterocycles. The van der Waals surface area contributed by atoms with Crippen molar-refractivity contribution in [2.24, 2.45) is 0 Å². The smallest absolute Gasteiger partial charge is 0.290 e. The van der Waals surface area contributed by atoms with Crippen LogP contribution >= 0.6 is 0 Å². The largest absolute Gasteiger partial charge is 0.483 e. The number of aldehydes is 1. The van der Waals surface area contributed by atoms with Crippen LogP contribution in [0, 0.1) is 54.7 Å². The van der Waals surface area contributed by atoms with E-state index in [1.165, 1.54) is 51.9 Å². The van der Waals surface area contributed by atoms with Crippen molar-refractivity contribution in [1.29, 1.82) is 0 Å². The molecule has 2 unspecified atom stereocenters. The van der Waals surface area contributed by atoms with E-state index in [1.807, 2.05) is 36.4 Å². The van der Waals surface area contributed by atoms with Gasteiger partial charge < -0.3 is 58.2 Å². The van der Waals surface area contributed by atoms with Gasteiger partial charge in [-0.15, -0.1) is 11.6 Å². The summed E-state index contributed by atoms with van der Waals surface area (Å²) in [5, 5.41) is 6.89. The van der Waals surface area contributed by atoms with Crippen LogP contribution < -0.4 is 19.6 Å². The third kappa shape index (κ3) is 12.4. The normalized spacial score (nSPS) is 15.4. The molecule has 7 nitrogen and oxygen atoms in total. The summed E-state index contributed by atoms with van der Waals surface area (Å²) in [4.78, 5) is 26.6. The maximum absolute atomic E-state index is 8.81. The summed E-state index contributed by atoms with van der Waals surface area (Å²) >= 11 is 0. The van der Waals surface area contributed by atoms with E-state index in [1.54, 1.807) is 0 Å². The molecule has 0 fully saturated rings. The van der Waals surface area contributed by atoms with E-state index in [0.717, 1.165) is 41.9 Å². The van der Waals surface area contributed by atoms with E-state index in [-0.39, 0.29) is 173 Å². The van der Waals surface area contributed by atoms with E-state index in [2.05, 4.69) is 122 Å². The van der Waals surface area contributed by atoms with Gasteiger partial charge in [-0.25, -0.2) is 0 Å². The Bertz CT molecular complexity index is 1860. The number of aryl methyl sites for hydroxylation is 2. The molecule has 0 saturated heterocycles. The zero-order valence-corrected chi connectivity index (χ0v) is 43.9. The van der Waals surface area contributed by atoms with Crippen LogP contribution in [0.3, 0.4) is 0 Å². The van der Waals surface area contributed by atoms with Crippen molar-refractivity contribution in [3.63, 3.8) is 0 Å². The van der Waals surface area contributed by atoms with E-state index in [0.29, 0.717) is 6.17 Å². The maximum atomic E-state index is 8.81. The molecule has 0 aliphatic carbocycles. The minimum atomic E-state index is -0.250. The molecule has 11 heteroatoms. The molecule has 4 radical (unpaired) electrons. The van der Waals surface area contributed by atoms with Crippen LogP contribution in [0.4, 0.5) is 22.7 Å². The SMILES string of the molecule is C.C.CC=O.Cc1cccc2c1N1C(=C3Cc4ccccc4N3C1C)C2.O=CO.[CH2-]C1=C([CH2-])N(c2[c-]cccc2C)C(C)N1c1[c-]cccc1.[CH3-].[CH3-].[Y].[Y].[Y].[Y]. The molecule has 0 spiro atoms. The Morgan fingerprint density at radius 2 is 1.14 bits per heavy atom. The molecule has 0 aromatic heterocycles. The van der Waals surface area contributed by atoms with Crippen LogP contribution in [0.2, 0.25) is 0 Å².